The van der Waals surface area contributed by atoms with Crippen molar-refractivity contribution in [3.05, 3.63) is 143 Å². The fourth-order valence-electron chi connectivity index (χ4n) is 4.89. The van der Waals surface area contributed by atoms with Crippen molar-refractivity contribution in [2.24, 2.45) is 0 Å². The molecule has 0 heterocycles. The van der Waals surface area contributed by atoms with E-state index in [0.717, 1.165) is 44.9 Å². The molecule has 3 rings (SSSR count). The number of hydrogen-bond acceptors (Lipinski definition) is 0. The molecular weight excluding hydrogens is 444 g/mol. The van der Waals surface area contributed by atoms with E-state index in [1.807, 2.05) is 0 Å². The Balaban J connectivity index is 1.71. The van der Waals surface area contributed by atoms with E-state index >= 15 is 0 Å². The van der Waals surface area contributed by atoms with Crippen LogP contribution in [0.1, 0.15) is 86.1 Å². The van der Waals surface area contributed by atoms with E-state index in [4.69, 9.17) is 0 Å². The average Bonchev–Trinajstić information content (AvgIpc) is 2.95. The Bertz CT molecular complexity index is 1080. The number of aryl methyl sites for hydroxylation is 4. The number of allylic oxidation sites excluding steroid dienone is 5. The van der Waals surface area contributed by atoms with Crippen molar-refractivity contribution in [2.45, 2.75) is 84.0 Å². The van der Waals surface area contributed by atoms with E-state index in [2.05, 4.69) is 124 Å². The smallest absolute Gasteiger partial charge is 0.00890 e. The molecular formula is C37H46. The van der Waals surface area contributed by atoms with Crippen molar-refractivity contribution < 1.29 is 0 Å². The minimum Gasteiger partial charge on any atom is -0.103 e. The Kier molecular flexibility index (Phi) is 12.8. The van der Waals surface area contributed by atoms with Gasteiger partial charge in [-0.25, -0.2) is 0 Å². The van der Waals surface area contributed by atoms with Crippen LogP contribution in [0.25, 0.3) is 0 Å². The van der Waals surface area contributed by atoms with E-state index in [-0.39, 0.29) is 0 Å². The lowest BCUT2D eigenvalue weighted by Crippen LogP contribution is -2.02. The highest BCUT2D eigenvalue weighted by atomic mass is 14.2. The molecule has 0 fully saturated rings. The van der Waals surface area contributed by atoms with Crippen molar-refractivity contribution in [3.8, 4) is 0 Å². The van der Waals surface area contributed by atoms with Crippen LogP contribution >= 0.6 is 0 Å². The van der Waals surface area contributed by atoms with Crippen molar-refractivity contribution in [2.75, 3.05) is 0 Å². The molecule has 1 unspecified atom stereocenters. The van der Waals surface area contributed by atoms with E-state index in [1.54, 1.807) is 0 Å². The van der Waals surface area contributed by atoms with Crippen LogP contribution in [0.2, 0.25) is 0 Å². The zero-order valence-corrected chi connectivity index (χ0v) is 23.2. The van der Waals surface area contributed by atoms with Gasteiger partial charge in [0.2, 0.25) is 0 Å². The molecule has 0 heteroatoms. The summed E-state index contributed by atoms with van der Waals surface area (Å²) in [7, 11) is 0. The molecule has 0 radical (unpaired) electrons. The minimum atomic E-state index is 0.399. The summed E-state index contributed by atoms with van der Waals surface area (Å²) in [6.45, 7) is 8.47. The molecule has 0 saturated carbocycles. The normalized spacial score (nSPS) is 12.6. The van der Waals surface area contributed by atoms with Gasteiger partial charge in [0, 0.05) is 5.92 Å². The van der Waals surface area contributed by atoms with Crippen LogP contribution in [0.15, 0.2) is 115 Å². The average molecular weight is 491 g/mol. The summed E-state index contributed by atoms with van der Waals surface area (Å²) >= 11 is 0. The Hall–Kier alpha value is -3.12. The first kappa shape index (κ1) is 28.5. The van der Waals surface area contributed by atoms with Crippen molar-refractivity contribution in [1.29, 1.82) is 0 Å². The minimum absolute atomic E-state index is 0.399. The van der Waals surface area contributed by atoms with Gasteiger partial charge in [-0.1, -0.05) is 123 Å². The molecule has 0 saturated heterocycles. The third-order valence-electron chi connectivity index (χ3n) is 7.26. The van der Waals surface area contributed by atoms with Crippen molar-refractivity contribution in [1.82, 2.24) is 0 Å². The van der Waals surface area contributed by atoms with E-state index in [0.29, 0.717) is 5.92 Å². The zero-order chi connectivity index (χ0) is 26.1. The molecule has 0 N–H and O–H groups in total. The maximum Gasteiger partial charge on any atom is 0.00890 e. The molecule has 0 aliphatic rings. The first-order chi connectivity index (χ1) is 18.2. The summed E-state index contributed by atoms with van der Waals surface area (Å²) in [6, 6.07) is 29.4. The molecule has 0 bridgehead atoms. The molecule has 0 nitrogen and oxygen atoms in total. The highest BCUT2D eigenvalue weighted by Gasteiger charge is 2.14. The standard InChI is InChI=1S/C37H46/c1-4-7-15-32-27-29-33(30-28-32)16-12-13-20-36(21-14-17-34-25-23-31(6-3)24-26-34)37(22-8-5-2)35-18-10-9-11-19-35/h5,9-11,13,18-21,23-30,37H,2,4,6-8,12,14-17,22H2,1,3H3. The maximum absolute atomic E-state index is 4.00. The summed E-state index contributed by atoms with van der Waals surface area (Å²) in [5.74, 6) is 0.399. The summed E-state index contributed by atoms with van der Waals surface area (Å²) in [5.41, 5.74) is 8.55. The lowest BCUT2D eigenvalue weighted by atomic mass is 9.85. The first-order valence-electron chi connectivity index (χ1n) is 14.4. The fraction of sp³-hybridized carbons (Fsp3) is 0.351. The van der Waals surface area contributed by atoms with E-state index in [1.165, 1.54) is 52.7 Å². The number of hydrogen-bond donors (Lipinski definition) is 0. The Labute approximate surface area is 226 Å². The highest BCUT2D eigenvalue weighted by Crippen LogP contribution is 2.31. The molecule has 0 aliphatic heterocycles. The predicted octanol–water partition coefficient (Wildman–Crippen LogP) is 10.4. The summed E-state index contributed by atoms with van der Waals surface area (Å²) in [5, 5.41) is 0. The van der Waals surface area contributed by atoms with Crippen LogP contribution in [-0.4, -0.2) is 0 Å². The molecule has 0 aromatic heterocycles. The van der Waals surface area contributed by atoms with Crippen LogP contribution in [0, 0.1) is 0 Å². The summed E-state index contributed by atoms with van der Waals surface area (Å²) in [4.78, 5) is 0. The van der Waals surface area contributed by atoms with Gasteiger partial charge in [-0.2, -0.15) is 0 Å². The van der Waals surface area contributed by atoms with Gasteiger partial charge in [0.1, 0.15) is 0 Å². The molecule has 0 amide bonds. The van der Waals surface area contributed by atoms with Crippen molar-refractivity contribution >= 4 is 0 Å². The third-order valence-corrected chi connectivity index (χ3v) is 7.26. The van der Waals surface area contributed by atoms with Crippen LogP contribution in [-0.2, 0) is 25.7 Å². The lowest BCUT2D eigenvalue weighted by molar-refractivity contribution is 0.722. The monoisotopic (exact) mass is 490 g/mol. The number of benzene rings is 3. The van der Waals surface area contributed by atoms with Gasteiger partial charge in [0.05, 0.1) is 0 Å². The maximum atomic E-state index is 4.00. The quantitative estimate of drug-likeness (QED) is 0.138. The predicted molar refractivity (Wildman–Crippen MR) is 163 cm³/mol. The molecule has 0 spiro atoms. The molecule has 0 aliphatic carbocycles. The second-order valence-corrected chi connectivity index (χ2v) is 10.1. The summed E-state index contributed by atoms with van der Waals surface area (Å²) < 4.78 is 0. The van der Waals surface area contributed by atoms with Gasteiger partial charge in [0.15, 0.2) is 0 Å². The van der Waals surface area contributed by atoms with Gasteiger partial charge in [-0.3, -0.25) is 0 Å². The Morgan fingerprint density at radius 2 is 1.30 bits per heavy atom. The van der Waals surface area contributed by atoms with Gasteiger partial charge >= 0.3 is 0 Å². The van der Waals surface area contributed by atoms with Gasteiger partial charge in [-0.15, -0.1) is 6.58 Å². The third kappa shape index (κ3) is 10.0. The molecule has 37 heavy (non-hydrogen) atoms. The van der Waals surface area contributed by atoms with Crippen LogP contribution < -0.4 is 0 Å². The number of rotatable bonds is 16. The molecule has 194 valence electrons. The van der Waals surface area contributed by atoms with E-state index < -0.39 is 0 Å². The van der Waals surface area contributed by atoms with Crippen LogP contribution in [0.3, 0.4) is 0 Å². The fourth-order valence-corrected chi connectivity index (χ4v) is 4.89. The first-order valence-corrected chi connectivity index (χ1v) is 14.4. The highest BCUT2D eigenvalue weighted by molar-refractivity contribution is 5.36. The topological polar surface area (TPSA) is 0 Å². The SMILES string of the molecule is C=CCCC(C(C=CCCc1ccc(CCCC)cc1)=CCCc1ccc(CC)cc1)c1ccccc1. The lowest BCUT2D eigenvalue weighted by Gasteiger charge is -2.19. The molecule has 3 aromatic carbocycles. The van der Waals surface area contributed by atoms with Gasteiger partial charge in [-0.05, 0) is 91.2 Å². The largest absolute Gasteiger partial charge is 0.103 e. The van der Waals surface area contributed by atoms with Crippen molar-refractivity contribution in [3.63, 3.8) is 0 Å². The Morgan fingerprint density at radius 1 is 0.703 bits per heavy atom. The van der Waals surface area contributed by atoms with Gasteiger partial charge in [0.25, 0.3) is 0 Å². The number of unbranched alkanes of at least 4 members (excludes halogenated alkanes) is 1. The second kappa shape index (κ2) is 16.6. The zero-order valence-electron chi connectivity index (χ0n) is 23.2. The second-order valence-electron chi connectivity index (χ2n) is 10.1. The molecule has 1 atom stereocenters. The molecule has 3 aromatic rings. The van der Waals surface area contributed by atoms with Gasteiger partial charge < -0.3 is 0 Å². The Morgan fingerprint density at radius 3 is 1.89 bits per heavy atom. The van der Waals surface area contributed by atoms with E-state index in [9.17, 15) is 0 Å². The van der Waals surface area contributed by atoms with Crippen LogP contribution in [0.5, 0.6) is 0 Å². The van der Waals surface area contributed by atoms with Crippen LogP contribution in [0.4, 0.5) is 0 Å². The summed E-state index contributed by atoms with van der Waals surface area (Å²) in [6.07, 6.45) is 20.5.